The second-order valence-corrected chi connectivity index (χ2v) is 6.63. The van der Waals surface area contributed by atoms with Crippen molar-refractivity contribution in [1.82, 2.24) is 14.7 Å². The van der Waals surface area contributed by atoms with E-state index in [0.717, 1.165) is 12.8 Å². The number of hydrogen-bond donors (Lipinski definition) is 1. The topological polar surface area (TPSA) is 76.5 Å². The van der Waals surface area contributed by atoms with E-state index in [9.17, 15) is 9.59 Å². The molecule has 1 atom stereocenters. The highest BCUT2D eigenvalue weighted by atomic mass is 16.6. The number of rotatable bonds is 2. The fourth-order valence-corrected chi connectivity index (χ4v) is 2.39. The second kappa shape index (κ2) is 6.37. The highest BCUT2D eigenvalue weighted by molar-refractivity contribution is 5.92. The predicted molar refractivity (Wildman–Crippen MR) is 82.4 cm³/mol. The number of nitrogens with zero attached hydrogens (tertiary/aromatic N) is 3. The Bertz CT molecular complexity index is 547. The number of ether oxygens (including phenoxy) is 1. The Balaban J connectivity index is 1.92. The molecule has 1 aliphatic rings. The minimum absolute atomic E-state index is 0.105. The van der Waals surface area contributed by atoms with E-state index >= 15 is 0 Å². The molecular weight excluding hydrogens is 284 g/mol. The van der Waals surface area contributed by atoms with Crippen LogP contribution in [0.25, 0.3) is 0 Å². The summed E-state index contributed by atoms with van der Waals surface area (Å²) in [4.78, 5) is 26.0. The monoisotopic (exact) mass is 308 g/mol. The molecule has 7 nitrogen and oxygen atoms in total. The molecule has 122 valence electrons. The Hall–Kier alpha value is -2.05. The summed E-state index contributed by atoms with van der Waals surface area (Å²) in [6.45, 7) is 6.51. The van der Waals surface area contributed by atoms with Gasteiger partial charge in [-0.05, 0) is 33.6 Å². The van der Waals surface area contributed by atoms with E-state index in [2.05, 4.69) is 10.4 Å². The van der Waals surface area contributed by atoms with Crippen molar-refractivity contribution in [2.45, 2.75) is 39.2 Å². The molecule has 22 heavy (non-hydrogen) atoms. The predicted octanol–water partition coefficient (Wildman–Crippen LogP) is 2.01. The smallest absolute Gasteiger partial charge is 0.410 e. The van der Waals surface area contributed by atoms with Gasteiger partial charge in [0.15, 0.2) is 5.82 Å². The molecule has 2 rings (SSSR count). The highest BCUT2D eigenvalue weighted by Gasteiger charge is 2.31. The molecule has 1 saturated heterocycles. The van der Waals surface area contributed by atoms with Crippen molar-refractivity contribution in [2.24, 2.45) is 13.0 Å². The summed E-state index contributed by atoms with van der Waals surface area (Å²) in [7, 11) is 1.79. The van der Waals surface area contributed by atoms with E-state index in [4.69, 9.17) is 4.74 Å². The van der Waals surface area contributed by atoms with Gasteiger partial charge in [-0.3, -0.25) is 9.48 Å². The number of carbonyl (C=O) groups excluding carboxylic acids is 2. The van der Waals surface area contributed by atoms with E-state index in [-0.39, 0.29) is 17.9 Å². The van der Waals surface area contributed by atoms with Crippen LogP contribution in [0, 0.1) is 5.92 Å². The van der Waals surface area contributed by atoms with Gasteiger partial charge in [-0.2, -0.15) is 5.10 Å². The van der Waals surface area contributed by atoms with Gasteiger partial charge < -0.3 is 15.0 Å². The van der Waals surface area contributed by atoms with Crippen molar-refractivity contribution < 1.29 is 14.3 Å². The normalized spacial score (nSPS) is 18.9. The summed E-state index contributed by atoms with van der Waals surface area (Å²) < 4.78 is 6.99. The molecule has 1 aromatic rings. The van der Waals surface area contributed by atoms with Crippen molar-refractivity contribution in [2.75, 3.05) is 18.4 Å². The molecular formula is C15H24N4O3. The van der Waals surface area contributed by atoms with Gasteiger partial charge in [0.1, 0.15) is 5.60 Å². The summed E-state index contributed by atoms with van der Waals surface area (Å²) in [6, 6.07) is 1.74. The van der Waals surface area contributed by atoms with Gasteiger partial charge in [0, 0.05) is 32.4 Å². The number of aromatic nitrogens is 2. The van der Waals surface area contributed by atoms with Gasteiger partial charge in [-0.15, -0.1) is 0 Å². The third-order valence-electron chi connectivity index (χ3n) is 3.41. The number of carbonyl (C=O) groups is 2. The fourth-order valence-electron chi connectivity index (χ4n) is 2.39. The van der Waals surface area contributed by atoms with Crippen molar-refractivity contribution in [3.05, 3.63) is 12.3 Å². The Morgan fingerprint density at radius 2 is 2.14 bits per heavy atom. The van der Waals surface area contributed by atoms with Crippen LogP contribution in [0.4, 0.5) is 10.6 Å². The minimum Gasteiger partial charge on any atom is -0.444 e. The van der Waals surface area contributed by atoms with Crippen LogP contribution >= 0.6 is 0 Å². The summed E-state index contributed by atoms with van der Waals surface area (Å²) in [6.07, 6.45) is 2.96. The van der Waals surface area contributed by atoms with E-state index in [1.165, 1.54) is 0 Å². The fraction of sp³-hybridized carbons (Fsp3) is 0.667. The number of amides is 2. The van der Waals surface area contributed by atoms with E-state index in [1.807, 2.05) is 20.8 Å². The maximum absolute atomic E-state index is 12.3. The number of hydrogen-bond acceptors (Lipinski definition) is 4. The number of anilines is 1. The quantitative estimate of drug-likeness (QED) is 0.906. The lowest BCUT2D eigenvalue weighted by Gasteiger charge is -2.33. The molecule has 0 radical (unpaired) electrons. The molecule has 1 aliphatic heterocycles. The van der Waals surface area contributed by atoms with Gasteiger partial charge in [0.25, 0.3) is 0 Å². The third-order valence-corrected chi connectivity index (χ3v) is 3.41. The second-order valence-electron chi connectivity index (χ2n) is 6.63. The van der Waals surface area contributed by atoms with Crippen LogP contribution in [0.1, 0.15) is 33.6 Å². The maximum atomic E-state index is 12.3. The molecule has 7 heteroatoms. The Labute approximate surface area is 130 Å². The first-order valence-electron chi connectivity index (χ1n) is 7.53. The average Bonchev–Trinajstić information content (AvgIpc) is 2.82. The zero-order valence-electron chi connectivity index (χ0n) is 13.6. The molecule has 2 heterocycles. The summed E-state index contributed by atoms with van der Waals surface area (Å²) in [5.74, 6) is 0.192. The molecule has 0 aromatic carbocycles. The van der Waals surface area contributed by atoms with E-state index in [1.54, 1.807) is 28.9 Å². The average molecular weight is 308 g/mol. The molecule has 1 fully saturated rings. The number of likely N-dealkylation sites (tertiary alicyclic amines) is 1. The van der Waals surface area contributed by atoms with Gasteiger partial charge in [-0.1, -0.05) is 0 Å². The molecule has 0 saturated carbocycles. The molecule has 0 spiro atoms. The first-order valence-corrected chi connectivity index (χ1v) is 7.53. The Kier molecular flexibility index (Phi) is 4.73. The molecule has 0 aliphatic carbocycles. The molecule has 2 amide bonds. The van der Waals surface area contributed by atoms with Crippen molar-refractivity contribution in [1.29, 1.82) is 0 Å². The lowest BCUT2D eigenvalue weighted by molar-refractivity contribution is -0.121. The van der Waals surface area contributed by atoms with Crippen LogP contribution in [0.2, 0.25) is 0 Å². The van der Waals surface area contributed by atoms with E-state index in [0.29, 0.717) is 18.9 Å². The highest BCUT2D eigenvalue weighted by Crippen LogP contribution is 2.20. The van der Waals surface area contributed by atoms with Gasteiger partial charge in [-0.25, -0.2) is 4.79 Å². The van der Waals surface area contributed by atoms with Crippen molar-refractivity contribution in [3.63, 3.8) is 0 Å². The van der Waals surface area contributed by atoms with E-state index < -0.39 is 5.60 Å². The number of piperidine rings is 1. The van der Waals surface area contributed by atoms with Gasteiger partial charge >= 0.3 is 6.09 Å². The first kappa shape index (κ1) is 16.3. The van der Waals surface area contributed by atoms with Gasteiger partial charge in [0.2, 0.25) is 5.91 Å². The van der Waals surface area contributed by atoms with Crippen LogP contribution in [0.3, 0.4) is 0 Å². The summed E-state index contributed by atoms with van der Waals surface area (Å²) >= 11 is 0. The van der Waals surface area contributed by atoms with Crippen molar-refractivity contribution >= 4 is 17.8 Å². The Morgan fingerprint density at radius 3 is 2.73 bits per heavy atom. The SMILES string of the molecule is Cn1ccc(NC(=O)C2CCCN(C(=O)OC(C)(C)C)C2)n1. The lowest BCUT2D eigenvalue weighted by atomic mass is 9.97. The molecule has 1 unspecified atom stereocenters. The third kappa shape index (κ3) is 4.47. The van der Waals surface area contributed by atoms with Gasteiger partial charge in [0.05, 0.1) is 5.92 Å². The zero-order chi connectivity index (χ0) is 16.3. The standard InChI is InChI=1S/C15H24N4O3/c1-15(2,3)22-14(21)19-8-5-6-11(10-19)13(20)16-12-7-9-18(4)17-12/h7,9,11H,5-6,8,10H2,1-4H3,(H,16,17,20). The first-order chi connectivity index (χ1) is 10.2. The number of nitrogens with one attached hydrogen (secondary N) is 1. The molecule has 1 aromatic heterocycles. The van der Waals surface area contributed by atoms with Crippen LogP contribution in [-0.4, -0.2) is 45.4 Å². The minimum atomic E-state index is -0.528. The van der Waals surface area contributed by atoms with Crippen LogP contribution in [0.5, 0.6) is 0 Å². The zero-order valence-corrected chi connectivity index (χ0v) is 13.6. The largest absolute Gasteiger partial charge is 0.444 e. The molecule has 1 N–H and O–H groups in total. The van der Waals surface area contributed by atoms with Crippen LogP contribution in [-0.2, 0) is 16.6 Å². The Morgan fingerprint density at radius 1 is 1.41 bits per heavy atom. The maximum Gasteiger partial charge on any atom is 0.410 e. The van der Waals surface area contributed by atoms with Crippen LogP contribution in [0.15, 0.2) is 12.3 Å². The van der Waals surface area contributed by atoms with Crippen LogP contribution < -0.4 is 5.32 Å². The summed E-state index contributed by atoms with van der Waals surface area (Å²) in [5, 5.41) is 6.92. The molecule has 0 bridgehead atoms. The number of aryl methyl sites for hydroxylation is 1. The summed E-state index contributed by atoms with van der Waals surface area (Å²) in [5.41, 5.74) is -0.528. The van der Waals surface area contributed by atoms with Crippen molar-refractivity contribution in [3.8, 4) is 0 Å². The lowest BCUT2D eigenvalue weighted by Crippen LogP contribution is -2.45.